The van der Waals surface area contributed by atoms with Crippen LogP contribution in [-0.4, -0.2) is 41.8 Å². The van der Waals surface area contributed by atoms with E-state index in [-0.39, 0.29) is 24.0 Å². The standard InChI is InChI=1S/C20H19BrN2O4S2/c1-13-22-18(19(28-13)14-5-3-2-4-6-14)20(24)23(11-16-7-8-17(21)27-16)15-9-10-29(25,26)12-15/h2-8,15H,9-12H2,1H3. The fraction of sp³-hybridized carbons (Fsp3) is 0.300. The third kappa shape index (κ3) is 4.46. The first-order valence-corrected chi connectivity index (χ1v) is 12.5. The molecule has 0 radical (unpaired) electrons. The summed E-state index contributed by atoms with van der Waals surface area (Å²) < 4.78 is 30.3. The molecule has 3 heterocycles. The summed E-state index contributed by atoms with van der Waals surface area (Å²) in [4.78, 5) is 20.5. The minimum atomic E-state index is -3.15. The number of sulfone groups is 1. The summed E-state index contributed by atoms with van der Waals surface area (Å²) in [6, 6.07) is 12.8. The summed E-state index contributed by atoms with van der Waals surface area (Å²) in [6.45, 7) is 2.05. The number of aromatic nitrogens is 1. The predicted octanol–water partition coefficient (Wildman–Crippen LogP) is 4.30. The Morgan fingerprint density at radius 2 is 2.03 bits per heavy atom. The van der Waals surface area contributed by atoms with Gasteiger partial charge in [0.25, 0.3) is 5.91 Å². The number of rotatable bonds is 5. The summed E-state index contributed by atoms with van der Waals surface area (Å²) in [5.41, 5.74) is 1.27. The SMILES string of the molecule is Cc1nc(C(=O)N(Cc2ccc(Br)o2)C2CCS(=O)(=O)C2)c(-c2ccccc2)s1. The molecule has 9 heteroatoms. The number of aryl methyl sites for hydroxylation is 1. The molecular weight excluding hydrogens is 476 g/mol. The topological polar surface area (TPSA) is 80.5 Å². The second-order valence-electron chi connectivity index (χ2n) is 6.97. The molecule has 1 saturated heterocycles. The number of halogens is 1. The van der Waals surface area contributed by atoms with Crippen LogP contribution in [0, 0.1) is 6.92 Å². The van der Waals surface area contributed by atoms with Gasteiger partial charge in [-0.2, -0.15) is 0 Å². The Bertz CT molecular complexity index is 1140. The largest absolute Gasteiger partial charge is 0.452 e. The van der Waals surface area contributed by atoms with Crippen LogP contribution in [0.4, 0.5) is 0 Å². The zero-order chi connectivity index (χ0) is 20.6. The molecule has 1 unspecified atom stereocenters. The molecule has 1 aliphatic rings. The van der Waals surface area contributed by atoms with Crippen molar-refractivity contribution in [3.63, 3.8) is 0 Å². The number of nitrogens with zero attached hydrogens (tertiary/aromatic N) is 2. The Morgan fingerprint density at radius 1 is 1.28 bits per heavy atom. The van der Waals surface area contributed by atoms with Crippen molar-refractivity contribution < 1.29 is 17.6 Å². The van der Waals surface area contributed by atoms with Gasteiger partial charge in [0.2, 0.25) is 0 Å². The molecule has 1 atom stereocenters. The van der Waals surface area contributed by atoms with Crippen molar-refractivity contribution in [1.29, 1.82) is 0 Å². The van der Waals surface area contributed by atoms with Gasteiger partial charge in [-0.05, 0) is 47.0 Å². The van der Waals surface area contributed by atoms with Gasteiger partial charge in [-0.3, -0.25) is 4.79 Å². The summed E-state index contributed by atoms with van der Waals surface area (Å²) >= 11 is 4.73. The van der Waals surface area contributed by atoms with Crippen LogP contribution in [0.15, 0.2) is 51.6 Å². The lowest BCUT2D eigenvalue weighted by atomic mass is 10.1. The lowest BCUT2D eigenvalue weighted by Crippen LogP contribution is -2.41. The van der Waals surface area contributed by atoms with Crippen molar-refractivity contribution in [3.8, 4) is 10.4 Å². The number of furan rings is 1. The zero-order valence-electron chi connectivity index (χ0n) is 15.7. The van der Waals surface area contributed by atoms with Gasteiger partial charge < -0.3 is 9.32 Å². The summed E-state index contributed by atoms with van der Waals surface area (Å²) in [5.74, 6) is 0.362. The van der Waals surface area contributed by atoms with E-state index >= 15 is 0 Å². The average molecular weight is 495 g/mol. The lowest BCUT2D eigenvalue weighted by Gasteiger charge is -2.27. The smallest absolute Gasteiger partial charge is 0.274 e. The third-order valence-corrected chi connectivity index (χ3v) is 8.03. The average Bonchev–Trinajstić information content (AvgIpc) is 3.38. The van der Waals surface area contributed by atoms with Crippen LogP contribution in [0.3, 0.4) is 0 Å². The van der Waals surface area contributed by atoms with Gasteiger partial charge in [0.05, 0.1) is 27.9 Å². The van der Waals surface area contributed by atoms with Gasteiger partial charge in [-0.1, -0.05) is 30.3 Å². The first-order chi connectivity index (χ1) is 13.8. The maximum atomic E-state index is 13.6. The molecular formula is C20H19BrN2O4S2. The van der Waals surface area contributed by atoms with Crippen molar-refractivity contribution in [3.05, 3.63) is 63.6 Å². The first-order valence-electron chi connectivity index (χ1n) is 9.11. The molecule has 152 valence electrons. The van der Waals surface area contributed by atoms with Crippen LogP contribution in [0.2, 0.25) is 0 Å². The highest BCUT2D eigenvalue weighted by Gasteiger charge is 2.37. The molecule has 0 saturated carbocycles. The summed E-state index contributed by atoms with van der Waals surface area (Å²) in [5, 5.41) is 0.784. The Labute approximate surface area is 181 Å². The van der Waals surface area contributed by atoms with E-state index < -0.39 is 15.9 Å². The molecule has 2 aromatic heterocycles. The Balaban J connectivity index is 1.72. The minimum absolute atomic E-state index is 0.0373. The van der Waals surface area contributed by atoms with Crippen molar-refractivity contribution >= 4 is 43.0 Å². The Hall–Kier alpha value is -1.97. The van der Waals surface area contributed by atoms with E-state index in [9.17, 15) is 13.2 Å². The number of carbonyl (C=O) groups excluding carboxylic acids is 1. The van der Waals surface area contributed by atoms with Crippen LogP contribution in [0.5, 0.6) is 0 Å². The second-order valence-corrected chi connectivity index (χ2v) is 11.2. The van der Waals surface area contributed by atoms with E-state index in [1.165, 1.54) is 11.3 Å². The molecule has 1 amide bonds. The van der Waals surface area contributed by atoms with E-state index in [4.69, 9.17) is 4.42 Å². The molecule has 0 bridgehead atoms. The molecule has 29 heavy (non-hydrogen) atoms. The normalized spacial score (nSPS) is 18.1. The van der Waals surface area contributed by atoms with Crippen LogP contribution >= 0.6 is 27.3 Å². The highest BCUT2D eigenvalue weighted by molar-refractivity contribution is 9.10. The molecule has 0 N–H and O–H groups in total. The highest BCUT2D eigenvalue weighted by atomic mass is 79.9. The van der Waals surface area contributed by atoms with E-state index in [0.717, 1.165) is 15.4 Å². The van der Waals surface area contributed by atoms with E-state index in [1.54, 1.807) is 17.0 Å². The number of amides is 1. The van der Waals surface area contributed by atoms with Gasteiger partial charge in [0.15, 0.2) is 14.5 Å². The fourth-order valence-corrected chi connectivity index (χ4v) is 6.47. The highest BCUT2D eigenvalue weighted by Crippen LogP contribution is 2.32. The second kappa shape index (κ2) is 8.04. The van der Waals surface area contributed by atoms with Gasteiger partial charge in [0.1, 0.15) is 11.5 Å². The van der Waals surface area contributed by atoms with Crippen molar-refractivity contribution in [1.82, 2.24) is 9.88 Å². The molecule has 0 spiro atoms. The lowest BCUT2D eigenvalue weighted by molar-refractivity contribution is 0.0661. The molecule has 0 aliphatic carbocycles. The minimum Gasteiger partial charge on any atom is -0.452 e. The quantitative estimate of drug-likeness (QED) is 0.527. The molecule has 1 aromatic carbocycles. The Morgan fingerprint density at radius 3 is 2.66 bits per heavy atom. The van der Waals surface area contributed by atoms with Gasteiger partial charge in [-0.25, -0.2) is 13.4 Å². The summed E-state index contributed by atoms with van der Waals surface area (Å²) in [7, 11) is -3.15. The Kier molecular flexibility index (Phi) is 5.63. The van der Waals surface area contributed by atoms with Crippen LogP contribution in [0.1, 0.15) is 27.7 Å². The molecule has 1 aliphatic heterocycles. The van der Waals surface area contributed by atoms with Gasteiger partial charge in [-0.15, -0.1) is 11.3 Å². The van der Waals surface area contributed by atoms with Crippen molar-refractivity contribution in [2.45, 2.75) is 25.9 Å². The number of carbonyl (C=O) groups is 1. The van der Waals surface area contributed by atoms with Gasteiger partial charge in [0, 0.05) is 6.04 Å². The van der Waals surface area contributed by atoms with Crippen LogP contribution in [0.25, 0.3) is 10.4 Å². The number of thiazole rings is 1. The number of benzene rings is 1. The maximum Gasteiger partial charge on any atom is 0.274 e. The van der Waals surface area contributed by atoms with Gasteiger partial charge >= 0.3 is 0 Å². The molecule has 6 nitrogen and oxygen atoms in total. The summed E-state index contributed by atoms with van der Waals surface area (Å²) in [6.07, 6.45) is 0.416. The van der Waals surface area contributed by atoms with Crippen molar-refractivity contribution in [2.75, 3.05) is 11.5 Å². The zero-order valence-corrected chi connectivity index (χ0v) is 18.9. The third-order valence-electron chi connectivity index (χ3n) is 4.84. The van der Waals surface area contributed by atoms with Crippen molar-refractivity contribution in [2.24, 2.45) is 0 Å². The molecule has 3 aromatic rings. The monoisotopic (exact) mass is 494 g/mol. The predicted molar refractivity (Wildman–Crippen MR) is 116 cm³/mol. The number of hydrogen-bond donors (Lipinski definition) is 0. The van der Waals surface area contributed by atoms with E-state index in [1.807, 2.05) is 37.3 Å². The van der Waals surface area contributed by atoms with E-state index in [0.29, 0.717) is 22.5 Å². The van der Waals surface area contributed by atoms with Crippen LogP contribution < -0.4 is 0 Å². The first kappa shape index (κ1) is 20.3. The molecule has 4 rings (SSSR count). The van der Waals surface area contributed by atoms with E-state index in [2.05, 4.69) is 20.9 Å². The maximum absolute atomic E-state index is 13.6. The fourth-order valence-electron chi connectivity index (χ4n) is 3.49. The van der Waals surface area contributed by atoms with Crippen LogP contribution in [-0.2, 0) is 16.4 Å². The number of hydrogen-bond acceptors (Lipinski definition) is 6. The molecule has 1 fully saturated rings.